The molecule has 14 heavy (non-hydrogen) atoms. The summed E-state index contributed by atoms with van der Waals surface area (Å²) in [5.74, 6) is 1.45. The van der Waals surface area contributed by atoms with Crippen LogP contribution < -0.4 is 9.47 Å². The average Bonchev–Trinajstić information content (AvgIpc) is 2.25. The highest BCUT2D eigenvalue weighted by atomic mass is 79.9. The number of hydrogen-bond donors (Lipinski definition) is 0. The highest BCUT2D eigenvalue weighted by Gasteiger charge is 2.00. The van der Waals surface area contributed by atoms with E-state index in [-0.39, 0.29) is 0 Å². The van der Waals surface area contributed by atoms with Crippen molar-refractivity contribution in [3.8, 4) is 11.5 Å². The summed E-state index contributed by atoms with van der Waals surface area (Å²) in [5.41, 5.74) is 0. The molecule has 0 bridgehead atoms. The maximum absolute atomic E-state index is 5.48. The molecule has 75 valence electrons. The molecular formula is C11H12BrO2. The molecule has 2 nitrogen and oxygen atoms in total. The molecule has 0 fully saturated rings. The molecule has 1 rings (SSSR count). The first-order valence-corrected chi connectivity index (χ1v) is 5.38. The standard InChI is InChI=1S/C11H12BrO2/c1-13-10-6-2-3-7-11(10)14-9-5-4-8-12/h3-7H,8-9H2,1H3. The number of halogens is 1. The molecule has 0 aliphatic carbocycles. The SMILES string of the molecule is COc1c[c]ccc1OCC=CCBr. The molecule has 0 aliphatic heterocycles. The lowest BCUT2D eigenvalue weighted by atomic mass is 10.3. The van der Waals surface area contributed by atoms with Crippen molar-refractivity contribution in [3.05, 3.63) is 36.4 Å². The summed E-state index contributed by atoms with van der Waals surface area (Å²) in [7, 11) is 1.62. The topological polar surface area (TPSA) is 18.5 Å². The lowest BCUT2D eigenvalue weighted by molar-refractivity contribution is 0.326. The Bertz CT molecular complexity index is 297. The number of allylic oxidation sites excluding steroid dienone is 1. The second-order valence-corrected chi connectivity index (χ2v) is 3.16. The van der Waals surface area contributed by atoms with Gasteiger partial charge in [0.25, 0.3) is 0 Å². The Morgan fingerprint density at radius 2 is 2.29 bits per heavy atom. The molecule has 1 aromatic carbocycles. The summed E-state index contributed by atoms with van der Waals surface area (Å²) < 4.78 is 10.6. The zero-order valence-electron chi connectivity index (χ0n) is 8.00. The van der Waals surface area contributed by atoms with Gasteiger partial charge in [-0.3, -0.25) is 0 Å². The zero-order chi connectivity index (χ0) is 10.2. The summed E-state index contributed by atoms with van der Waals surface area (Å²) in [6.45, 7) is 0.548. The average molecular weight is 256 g/mol. The Labute approximate surface area is 92.7 Å². The van der Waals surface area contributed by atoms with Crippen molar-refractivity contribution >= 4 is 15.9 Å². The molecule has 3 heteroatoms. The molecule has 0 saturated heterocycles. The minimum Gasteiger partial charge on any atom is -0.493 e. The minimum atomic E-state index is 0.548. The molecule has 0 aromatic heterocycles. The van der Waals surface area contributed by atoms with Gasteiger partial charge in [-0.15, -0.1) is 0 Å². The number of ether oxygens (including phenoxy) is 2. The van der Waals surface area contributed by atoms with Gasteiger partial charge in [-0.1, -0.05) is 34.1 Å². The molecule has 0 spiro atoms. The number of methoxy groups -OCH3 is 1. The summed E-state index contributed by atoms with van der Waals surface area (Å²) in [6.07, 6.45) is 3.94. The Hall–Kier alpha value is -0.960. The van der Waals surface area contributed by atoms with Gasteiger partial charge in [-0.25, -0.2) is 0 Å². The maximum Gasteiger partial charge on any atom is 0.161 e. The lowest BCUT2D eigenvalue weighted by Gasteiger charge is -2.07. The minimum absolute atomic E-state index is 0.548. The van der Waals surface area contributed by atoms with Gasteiger partial charge in [0.05, 0.1) is 7.11 Å². The van der Waals surface area contributed by atoms with Crippen LogP contribution >= 0.6 is 15.9 Å². The van der Waals surface area contributed by atoms with Crippen LogP contribution in [0.4, 0.5) is 0 Å². The van der Waals surface area contributed by atoms with Crippen LogP contribution in [0.15, 0.2) is 30.4 Å². The number of benzene rings is 1. The predicted octanol–water partition coefficient (Wildman–Crippen LogP) is 2.83. The molecule has 0 N–H and O–H groups in total. The molecule has 0 amide bonds. The number of alkyl halides is 1. The Morgan fingerprint density at radius 1 is 1.43 bits per heavy atom. The van der Waals surface area contributed by atoms with E-state index in [1.165, 1.54) is 0 Å². The second-order valence-electron chi connectivity index (χ2n) is 2.51. The van der Waals surface area contributed by atoms with Crippen molar-refractivity contribution in [3.63, 3.8) is 0 Å². The van der Waals surface area contributed by atoms with Crippen LogP contribution in [0.2, 0.25) is 0 Å². The number of rotatable bonds is 5. The van der Waals surface area contributed by atoms with Crippen LogP contribution in [0.5, 0.6) is 11.5 Å². The Morgan fingerprint density at radius 3 is 3.00 bits per heavy atom. The molecule has 0 atom stereocenters. The highest BCUT2D eigenvalue weighted by molar-refractivity contribution is 9.09. The van der Waals surface area contributed by atoms with E-state index in [4.69, 9.17) is 9.47 Å². The van der Waals surface area contributed by atoms with Crippen molar-refractivity contribution in [2.45, 2.75) is 0 Å². The predicted molar refractivity (Wildman–Crippen MR) is 60.3 cm³/mol. The Balaban J connectivity index is 2.53. The molecule has 0 saturated carbocycles. The van der Waals surface area contributed by atoms with Crippen LogP contribution in [0.3, 0.4) is 0 Å². The summed E-state index contributed by atoms with van der Waals surface area (Å²) >= 11 is 3.29. The lowest BCUT2D eigenvalue weighted by Crippen LogP contribution is -1.96. The summed E-state index contributed by atoms with van der Waals surface area (Å²) in [4.78, 5) is 0. The summed E-state index contributed by atoms with van der Waals surface area (Å²) in [6, 6.07) is 8.31. The summed E-state index contributed by atoms with van der Waals surface area (Å²) in [5, 5.41) is 0.843. The van der Waals surface area contributed by atoms with Gasteiger partial charge in [0.1, 0.15) is 6.61 Å². The van der Waals surface area contributed by atoms with E-state index in [1.807, 2.05) is 18.2 Å². The normalized spacial score (nSPS) is 10.4. The van der Waals surface area contributed by atoms with E-state index in [2.05, 4.69) is 22.0 Å². The second kappa shape index (κ2) is 6.49. The first-order chi connectivity index (χ1) is 6.88. The van der Waals surface area contributed by atoms with Gasteiger partial charge < -0.3 is 9.47 Å². The highest BCUT2D eigenvalue weighted by Crippen LogP contribution is 2.25. The third kappa shape index (κ3) is 3.42. The van der Waals surface area contributed by atoms with Gasteiger partial charge in [0, 0.05) is 5.33 Å². The monoisotopic (exact) mass is 255 g/mol. The zero-order valence-corrected chi connectivity index (χ0v) is 9.58. The van der Waals surface area contributed by atoms with Crippen molar-refractivity contribution < 1.29 is 9.47 Å². The van der Waals surface area contributed by atoms with E-state index in [1.54, 1.807) is 19.2 Å². The van der Waals surface area contributed by atoms with Crippen molar-refractivity contribution in [1.29, 1.82) is 0 Å². The van der Waals surface area contributed by atoms with E-state index >= 15 is 0 Å². The van der Waals surface area contributed by atoms with Crippen molar-refractivity contribution in [2.24, 2.45) is 0 Å². The van der Waals surface area contributed by atoms with E-state index in [0.717, 1.165) is 11.1 Å². The van der Waals surface area contributed by atoms with Gasteiger partial charge in [0.15, 0.2) is 11.5 Å². The third-order valence-electron chi connectivity index (χ3n) is 1.60. The van der Waals surface area contributed by atoms with Crippen LogP contribution in [-0.4, -0.2) is 19.0 Å². The van der Waals surface area contributed by atoms with Gasteiger partial charge in [0.2, 0.25) is 0 Å². The molecule has 0 aliphatic rings. The fourth-order valence-corrected chi connectivity index (χ4v) is 1.21. The van der Waals surface area contributed by atoms with Gasteiger partial charge in [-0.2, -0.15) is 0 Å². The fourth-order valence-electron chi connectivity index (χ4n) is 0.949. The molecule has 1 aromatic rings. The van der Waals surface area contributed by atoms with Crippen LogP contribution in [0, 0.1) is 6.07 Å². The van der Waals surface area contributed by atoms with Crippen LogP contribution in [0.25, 0.3) is 0 Å². The smallest absolute Gasteiger partial charge is 0.161 e. The third-order valence-corrected chi connectivity index (χ3v) is 1.97. The fraction of sp³-hybridized carbons (Fsp3) is 0.273. The largest absolute Gasteiger partial charge is 0.493 e. The number of hydrogen-bond acceptors (Lipinski definition) is 2. The van der Waals surface area contributed by atoms with E-state index in [9.17, 15) is 0 Å². The Kier molecular flexibility index (Phi) is 5.15. The first-order valence-electron chi connectivity index (χ1n) is 4.26. The first kappa shape index (κ1) is 11.1. The van der Waals surface area contributed by atoms with Gasteiger partial charge >= 0.3 is 0 Å². The van der Waals surface area contributed by atoms with Crippen LogP contribution in [-0.2, 0) is 0 Å². The van der Waals surface area contributed by atoms with E-state index < -0.39 is 0 Å². The van der Waals surface area contributed by atoms with E-state index in [0.29, 0.717) is 12.4 Å². The quantitative estimate of drug-likeness (QED) is 0.595. The van der Waals surface area contributed by atoms with Crippen molar-refractivity contribution in [1.82, 2.24) is 0 Å². The van der Waals surface area contributed by atoms with Crippen molar-refractivity contribution in [2.75, 3.05) is 19.0 Å². The molecule has 1 radical (unpaired) electrons. The molecular weight excluding hydrogens is 244 g/mol. The molecule has 0 heterocycles. The molecule has 0 unspecified atom stereocenters. The van der Waals surface area contributed by atoms with Gasteiger partial charge in [-0.05, 0) is 18.2 Å². The maximum atomic E-state index is 5.48. The van der Waals surface area contributed by atoms with Crippen LogP contribution in [0.1, 0.15) is 0 Å².